The molecule has 3 aromatic rings. The first kappa shape index (κ1) is 22.6. The summed E-state index contributed by atoms with van der Waals surface area (Å²) in [5.74, 6) is -1.22. The second-order valence-corrected chi connectivity index (χ2v) is 9.66. The van der Waals surface area contributed by atoms with Gasteiger partial charge in [0.1, 0.15) is 17.6 Å². The Bertz CT molecular complexity index is 1330. The average molecular weight is 484 g/mol. The molecule has 11 heteroatoms. The number of hydrogen-bond donors (Lipinski definition) is 1. The lowest BCUT2D eigenvalue weighted by Gasteiger charge is -2.15. The Morgan fingerprint density at radius 3 is 2.33 bits per heavy atom. The molecule has 0 bridgehead atoms. The number of rotatable bonds is 6. The number of halogens is 1. The summed E-state index contributed by atoms with van der Waals surface area (Å²) >= 11 is 5.85. The van der Waals surface area contributed by atoms with Gasteiger partial charge in [0.15, 0.2) is 9.84 Å². The number of carbonyl (C=O) groups excluding carboxylic acids is 2. The third-order valence-electron chi connectivity index (χ3n) is 4.88. The van der Waals surface area contributed by atoms with E-state index in [1.54, 1.807) is 37.3 Å². The molecule has 1 atom stereocenters. The molecule has 0 spiro atoms. The van der Waals surface area contributed by atoms with E-state index in [2.05, 4.69) is 20.4 Å². The summed E-state index contributed by atoms with van der Waals surface area (Å²) in [5.41, 5.74) is 1.18. The van der Waals surface area contributed by atoms with Crippen molar-refractivity contribution in [3.63, 3.8) is 0 Å². The first-order valence-electron chi connectivity index (χ1n) is 9.79. The number of imide groups is 1. The summed E-state index contributed by atoms with van der Waals surface area (Å²) in [7, 11) is -3.64. The summed E-state index contributed by atoms with van der Waals surface area (Å²) in [6.45, 7) is 1.63. The molecule has 4 rings (SSSR count). The molecule has 2 amide bonds. The number of anilines is 1. The molecule has 1 aromatic heterocycles. The molecule has 0 radical (unpaired) electrons. The number of benzene rings is 2. The molecular formula is C22H18ClN5O4S. The maximum atomic E-state index is 12.8. The van der Waals surface area contributed by atoms with Crippen LogP contribution in [0, 0.1) is 0 Å². The van der Waals surface area contributed by atoms with Crippen molar-refractivity contribution in [3.8, 4) is 0 Å². The van der Waals surface area contributed by atoms with Crippen molar-refractivity contribution in [1.29, 1.82) is 0 Å². The minimum Gasteiger partial charge on any atom is -0.369 e. The summed E-state index contributed by atoms with van der Waals surface area (Å²) in [5, 5.41) is 8.38. The lowest BCUT2D eigenvalue weighted by atomic mass is 10.1. The predicted octanol–water partition coefficient (Wildman–Crippen LogP) is 2.94. The van der Waals surface area contributed by atoms with E-state index in [4.69, 9.17) is 11.6 Å². The van der Waals surface area contributed by atoms with Gasteiger partial charge in [0.25, 0.3) is 11.8 Å². The molecule has 9 nitrogen and oxygen atoms in total. The maximum Gasteiger partial charge on any atom is 0.281 e. The number of aromatic nitrogens is 2. The van der Waals surface area contributed by atoms with Gasteiger partial charge in [-0.3, -0.25) is 9.59 Å². The van der Waals surface area contributed by atoms with Crippen LogP contribution in [0.15, 0.2) is 77.0 Å². The molecule has 1 N–H and O–H groups in total. The zero-order valence-electron chi connectivity index (χ0n) is 17.3. The van der Waals surface area contributed by atoms with Crippen molar-refractivity contribution in [3.05, 3.63) is 83.4 Å². The van der Waals surface area contributed by atoms with Crippen LogP contribution < -0.4 is 5.32 Å². The first-order valence-corrected chi connectivity index (χ1v) is 11.8. The fourth-order valence-corrected chi connectivity index (χ4v) is 4.51. The van der Waals surface area contributed by atoms with Crippen LogP contribution in [0.4, 0.5) is 5.69 Å². The fourth-order valence-electron chi connectivity index (χ4n) is 3.18. The van der Waals surface area contributed by atoms with Gasteiger partial charge in [0, 0.05) is 28.7 Å². The summed E-state index contributed by atoms with van der Waals surface area (Å²) < 4.78 is 25.2. The van der Waals surface area contributed by atoms with E-state index in [9.17, 15) is 18.0 Å². The van der Waals surface area contributed by atoms with Gasteiger partial charge in [-0.15, -0.1) is 0 Å². The largest absolute Gasteiger partial charge is 0.369 e. The minimum absolute atomic E-state index is 0.100. The van der Waals surface area contributed by atoms with Crippen LogP contribution in [0.2, 0.25) is 5.02 Å². The molecule has 33 heavy (non-hydrogen) atoms. The highest BCUT2D eigenvalue weighted by Gasteiger charge is 2.37. The van der Waals surface area contributed by atoms with Gasteiger partial charge in [0.05, 0.1) is 10.6 Å². The third-order valence-corrected chi connectivity index (χ3v) is 6.76. The van der Waals surface area contributed by atoms with Gasteiger partial charge < -0.3 is 5.32 Å². The normalized spacial score (nSPS) is 15.9. The van der Waals surface area contributed by atoms with E-state index in [0.717, 1.165) is 5.01 Å². The molecule has 0 saturated carbocycles. The summed E-state index contributed by atoms with van der Waals surface area (Å²) in [6, 6.07) is 12.9. The van der Waals surface area contributed by atoms with Crippen molar-refractivity contribution in [2.75, 3.05) is 5.32 Å². The zero-order chi connectivity index (χ0) is 23.6. The van der Waals surface area contributed by atoms with Crippen LogP contribution >= 0.6 is 11.6 Å². The molecule has 2 aromatic carbocycles. The third kappa shape index (κ3) is 4.91. The lowest BCUT2D eigenvalue weighted by molar-refractivity contribution is -0.126. The van der Waals surface area contributed by atoms with Gasteiger partial charge in [0.2, 0.25) is 0 Å². The van der Waals surface area contributed by atoms with Crippen LogP contribution in [-0.4, -0.2) is 47.0 Å². The molecule has 0 fully saturated rings. The number of sulfone groups is 1. The smallest absolute Gasteiger partial charge is 0.281 e. The van der Waals surface area contributed by atoms with Gasteiger partial charge in [-0.1, -0.05) is 11.6 Å². The molecule has 2 heterocycles. The number of nitrogens with one attached hydrogen (secondary N) is 1. The van der Waals surface area contributed by atoms with E-state index in [-0.39, 0.29) is 22.0 Å². The van der Waals surface area contributed by atoms with Crippen molar-refractivity contribution in [1.82, 2.24) is 15.0 Å². The van der Waals surface area contributed by atoms with Crippen molar-refractivity contribution in [2.45, 2.75) is 23.6 Å². The predicted molar refractivity (Wildman–Crippen MR) is 123 cm³/mol. The maximum absolute atomic E-state index is 12.8. The highest BCUT2D eigenvalue weighted by molar-refractivity contribution is 7.90. The van der Waals surface area contributed by atoms with E-state index >= 15 is 0 Å². The summed E-state index contributed by atoms with van der Waals surface area (Å²) in [4.78, 5) is 33.5. The first-order chi connectivity index (χ1) is 15.7. The van der Waals surface area contributed by atoms with E-state index < -0.39 is 27.7 Å². The standard InChI is InChI=1S/C22H18ClN5O4S/c1-14-20(22(30)28(27-14)21(29)15-3-5-16(23)6-4-15)26-17-7-9-18(10-8-17)33(31,32)13-19-24-11-2-12-25-19/h2-12,20,26H,13H2,1H3. The van der Waals surface area contributed by atoms with Gasteiger partial charge >= 0.3 is 0 Å². The monoisotopic (exact) mass is 483 g/mol. The second-order valence-electron chi connectivity index (χ2n) is 7.23. The number of carbonyl (C=O) groups is 2. The number of hydrogen-bond acceptors (Lipinski definition) is 8. The van der Waals surface area contributed by atoms with E-state index in [0.29, 0.717) is 16.4 Å². The van der Waals surface area contributed by atoms with Crippen LogP contribution in [0.25, 0.3) is 0 Å². The van der Waals surface area contributed by atoms with Gasteiger partial charge in [-0.25, -0.2) is 18.4 Å². The topological polar surface area (TPSA) is 122 Å². The average Bonchev–Trinajstić information content (AvgIpc) is 3.08. The second kappa shape index (κ2) is 9.08. The number of hydrazone groups is 1. The Kier molecular flexibility index (Phi) is 6.21. The van der Waals surface area contributed by atoms with Gasteiger partial charge in [-0.2, -0.15) is 10.1 Å². The Morgan fingerprint density at radius 2 is 1.70 bits per heavy atom. The zero-order valence-corrected chi connectivity index (χ0v) is 18.9. The SMILES string of the molecule is CC1=NN(C(=O)c2ccc(Cl)cc2)C(=O)C1Nc1ccc(S(=O)(=O)Cc2ncccn2)cc1. The van der Waals surface area contributed by atoms with E-state index in [1.807, 2.05) is 0 Å². The molecule has 168 valence electrons. The molecule has 1 aliphatic rings. The molecular weight excluding hydrogens is 466 g/mol. The van der Waals surface area contributed by atoms with E-state index in [1.165, 1.54) is 36.7 Å². The lowest BCUT2D eigenvalue weighted by Crippen LogP contribution is -2.39. The molecule has 1 aliphatic heterocycles. The Balaban J connectivity index is 1.46. The number of amides is 2. The van der Waals surface area contributed by atoms with Crippen molar-refractivity contribution in [2.24, 2.45) is 5.10 Å². The Morgan fingerprint density at radius 1 is 1.06 bits per heavy atom. The van der Waals surface area contributed by atoms with Crippen LogP contribution in [0.5, 0.6) is 0 Å². The van der Waals surface area contributed by atoms with Crippen LogP contribution in [0.1, 0.15) is 23.1 Å². The quantitative estimate of drug-likeness (QED) is 0.535. The summed E-state index contributed by atoms with van der Waals surface area (Å²) in [6.07, 6.45) is 2.96. The highest BCUT2D eigenvalue weighted by Crippen LogP contribution is 2.22. The minimum atomic E-state index is -3.64. The Hall–Kier alpha value is -3.63. The van der Waals surface area contributed by atoms with Gasteiger partial charge in [-0.05, 0) is 61.5 Å². The van der Waals surface area contributed by atoms with Crippen molar-refractivity contribution < 1.29 is 18.0 Å². The number of nitrogens with zero attached hydrogens (tertiary/aromatic N) is 4. The fraction of sp³-hybridized carbons (Fsp3) is 0.136. The van der Waals surface area contributed by atoms with Crippen LogP contribution in [-0.2, 0) is 20.4 Å². The molecule has 0 aliphatic carbocycles. The van der Waals surface area contributed by atoms with Crippen molar-refractivity contribution >= 4 is 44.7 Å². The Labute approximate surface area is 195 Å². The molecule has 1 unspecified atom stereocenters. The van der Waals surface area contributed by atoms with Crippen LogP contribution in [0.3, 0.4) is 0 Å². The molecule has 0 saturated heterocycles. The highest BCUT2D eigenvalue weighted by atomic mass is 35.5.